The highest BCUT2D eigenvalue weighted by molar-refractivity contribution is 5.69. The molecule has 0 rings (SSSR count). The lowest BCUT2D eigenvalue weighted by Gasteiger charge is -2.29. The highest BCUT2D eigenvalue weighted by atomic mass is 19.4. The molecule has 20 heavy (non-hydrogen) atoms. The Kier molecular flexibility index (Phi) is 7.55. The maximum Gasteiger partial charge on any atom is 0.424 e. The van der Waals surface area contributed by atoms with Crippen LogP contribution in [0, 0.1) is 0 Å². The number of aliphatic hydroxyl groups is 1. The molecule has 0 aromatic rings. The van der Waals surface area contributed by atoms with Crippen molar-refractivity contribution in [3.8, 4) is 0 Å². The van der Waals surface area contributed by atoms with Gasteiger partial charge in [-0.15, -0.1) is 0 Å². The van der Waals surface area contributed by atoms with E-state index in [-0.39, 0.29) is 12.8 Å². The average Bonchev–Trinajstić information content (AvgIpc) is 2.33. The van der Waals surface area contributed by atoms with Crippen molar-refractivity contribution in [2.45, 2.75) is 51.3 Å². The zero-order valence-corrected chi connectivity index (χ0v) is 11.5. The summed E-state index contributed by atoms with van der Waals surface area (Å²) in [5.74, 6) is -1.70. The smallest absolute Gasteiger partial charge is 0.424 e. The summed E-state index contributed by atoms with van der Waals surface area (Å²) in [6.45, 7) is 0.719. The molecular formula is C12H19F3O5. The van der Waals surface area contributed by atoms with E-state index in [1.54, 1.807) is 13.8 Å². The van der Waals surface area contributed by atoms with Crippen LogP contribution in [-0.4, -0.2) is 42.0 Å². The van der Waals surface area contributed by atoms with E-state index in [0.717, 1.165) is 0 Å². The molecular weight excluding hydrogens is 281 g/mol. The maximum absolute atomic E-state index is 12.7. The molecule has 0 amide bonds. The van der Waals surface area contributed by atoms with Gasteiger partial charge in [0, 0.05) is 12.8 Å². The van der Waals surface area contributed by atoms with Gasteiger partial charge >= 0.3 is 18.1 Å². The summed E-state index contributed by atoms with van der Waals surface area (Å²) in [6, 6.07) is 0. The molecule has 0 atom stereocenters. The van der Waals surface area contributed by atoms with Crippen LogP contribution in [0.5, 0.6) is 0 Å². The number of hydrogen-bond donors (Lipinski definition) is 1. The van der Waals surface area contributed by atoms with Crippen molar-refractivity contribution in [2.24, 2.45) is 0 Å². The van der Waals surface area contributed by atoms with Crippen LogP contribution in [-0.2, 0) is 19.1 Å². The molecule has 0 bridgehead atoms. The van der Waals surface area contributed by atoms with Crippen LogP contribution in [0.1, 0.15) is 39.5 Å². The summed E-state index contributed by atoms with van der Waals surface area (Å²) in [4.78, 5) is 22.1. The van der Waals surface area contributed by atoms with Crippen LogP contribution < -0.4 is 0 Å². The molecule has 0 aromatic heterocycles. The summed E-state index contributed by atoms with van der Waals surface area (Å²) < 4.78 is 47.0. The van der Waals surface area contributed by atoms with Gasteiger partial charge in [-0.1, -0.05) is 13.8 Å². The molecule has 1 N–H and O–H groups in total. The number of carbonyl (C=O) groups is 2. The van der Waals surface area contributed by atoms with E-state index in [4.69, 9.17) is 0 Å². The maximum atomic E-state index is 12.7. The van der Waals surface area contributed by atoms with Crippen LogP contribution in [0.4, 0.5) is 13.2 Å². The van der Waals surface area contributed by atoms with Crippen LogP contribution in [0.2, 0.25) is 0 Å². The normalized spacial score (nSPS) is 12.1. The summed E-state index contributed by atoms with van der Waals surface area (Å²) in [5, 5.41) is 9.50. The van der Waals surface area contributed by atoms with Gasteiger partial charge in [0.1, 0.15) is 13.2 Å². The second kappa shape index (κ2) is 8.08. The van der Waals surface area contributed by atoms with Crippen LogP contribution in [0.15, 0.2) is 0 Å². The largest absolute Gasteiger partial charge is 0.462 e. The molecule has 0 radical (unpaired) electrons. The predicted octanol–water partition coefficient (Wildman–Crippen LogP) is 1.97. The van der Waals surface area contributed by atoms with Crippen LogP contribution >= 0.6 is 0 Å². The van der Waals surface area contributed by atoms with Gasteiger partial charge in [0.25, 0.3) is 0 Å². The average molecular weight is 300 g/mol. The third-order valence-electron chi connectivity index (χ3n) is 2.38. The van der Waals surface area contributed by atoms with Crippen molar-refractivity contribution in [3.63, 3.8) is 0 Å². The fraction of sp³-hybridized carbons (Fsp3) is 0.833. The van der Waals surface area contributed by atoms with Gasteiger partial charge < -0.3 is 14.6 Å². The van der Waals surface area contributed by atoms with Crippen molar-refractivity contribution in [1.82, 2.24) is 0 Å². The lowest BCUT2D eigenvalue weighted by molar-refractivity contribution is -0.284. The number of esters is 2. The molecule has 0 fully saturated rings. The fourth-order valence-electron chi connectivity index (χ4n) is 1.16. The Labute approximate surface area is 115 Å². The molecule has 0 heterocycles. The number of rotatable bonds is 8. The lowest BCUT2D eigenvalue weighted by atomic mass is 10.1. The van der Waals surface area contributed by atoms with E-state index in [1.165, 1.54) is 0 Å². The van der Waals surface area contributed by atoms with E-state index in [1.807, 2.05) is 0 Å². The fourth-order valence-corrected chi connectivity index (χ4v) is 1.16. The van der Waals surface area contributed by atoms with E-state index in [9.17, 15) is 27.9 Å². The molecule has 0 saturated carbocycles. The predicted molar refractivity (Wildman–Crippen MR) is 62.7 cm³/mol. The van der Waals surface area contributed by atoms with Gasteiger partial charge in [-0.3, -0.25) is 9.59 Å². The molecule has 0 saturated heterocycles. The minimum Gasteiger partial charge on any atom is -0.462 e. The minimum atomic E-state index is -5.08. The van der Waals surface area contributed by atoms with Crippen LogP contribution in [0.25, 0.3) is 0 Å². The van der Waals surface area contributed by atoms with Gasteiger partial charge in [-0.05, 0) is 12.8 Å². The van der Waals surface area contributed by atoms with Crippen molar-refractivity contribution in [1.29, 1.82) is 0 Å². The van der Waals surface area contributed by atoms with Crippen molar-refractivity contribution in [3.05, 3.63) is 0 Å². The van der Waals surface area contributed by atoms with E-state index in [2.05, 4.69) is 9.47 Å². The van der Waals surface area contributed by atoms with Gasteiger partial charge in [0.15, 0.2) is 0 Å². The SMILES string of the molecule is CCCC(=O)OCC(O)(COC(=O)CCC)C(F)(F)F. The second-order valence-corrected chi connectivity index (χ2v) is 4.35. The standard InChI is InChI=1S/C12H19F3O5/c1-3-5-9(16)19-7-11(18,12(13,14)15)8-20-10(17)6-4-2/h18H,3-8H2,1-2H3. The third kappa shape index (κ3) is 6.23. The number of alkyl halides is 3. The van der Waals surface area contributed by atoms with Gasteiger partial charge in [0.2, 0.25) is 5.60 Å². The second-order valence-electron chi connectivity index (χ2n) is 4.35. The number of carbonyl (C=O) groups excluding carboxylic acids is 2. The lowest BCUT2D eigenvalue weighted by Crippen LogP contribution is -2.53. The number of halogens is 3. The zero-order chi connectivity index (χ0) is 15.8. The Balaban J connectivity index is 4.60. The molecule has 0 unspecified atom stereocenters. The Morgan fingerprint density at radius 2 is 1.30 bits per heavy atom. The first-order chi connectivity index (χ1) is 9.16. The zero-order valence-electron chi connectivity index (χ0n) is 11.5. The first-order valence-corrected chi connectivity index (χ1v) is 6.26. The monoisotopic (exact) mass is 300 g/mol. The Morgan fingerprint density at radius 3 is 1.55 bits per heavy atom. The molecule has 0 aliphatic carbocycles. The quantitative estimate of drug-likeness (QED) is 0.694. The van der Waals surface area contributed by atoms with Gasteiger partial charge in [-0.2, -0.15) is 13.2 Å². The van der Waals surface area contributed by atoms with Crippen LogP contribution in [0.3, 0.4) is 0 Å². The summed E-state index contributed by atoms with van der Waals surface area (Å²) in [7, 11) is 0. The van der Waals surface area contributed by atoms with E-state index < -0.39 is 36.9 Å². The van der Waals surface area contributed by atoms with Crippen molar-refractivity contribution < 1.29 is 37.3 Å². The topological polar surface area (TPSA) is 72.8 Å². The highest BCUT2D eigenvalue weighted by Crippen LogP contribution is 2.31. The first-order valence-electron chi connectivity index (χ1n) is 6.26. The molecule has 0 aliphatic heterocycles. The number of hydrogen-bond acceptors (Lipinski definition) is 5. The molecule has 0 aliphatic rings. The number of ether oxygens (including phenoxy) is 2. The molecule has 5 nitrogen and oxygen atoms in total. The molecule has 118 valence electrons. The van der Waals surface area contributed by atoms with Crippen molar-refractivity contribution >= 4 is 11.9 Å². The molecule has 0 aromatic carbocycles. The Morgan fingerprint density at radius 1 is 0.950 bits per heavy atom. The first kappa shape index (κ1) is 18.7. The van der Waals surface area contributed by atoms with Crippen molar-refractivity contribution in [2.75, 3.05) is 13.2 Å². The van der Waals surface area contributed by atoms with Gasteiger partial charge in [0.05, 0.1) is 0 Å². The third-order valence-corrected chi connectivity index (χ3v) is 2.38. The Bertz CT molecular complexity index is 306. The van der Waals surface area contributed by atoms with Gasteiger partial charge in [-0.25, -0.2) is 0 Å². The summed E-state index contributed by atoms with van der Waals surface area (Å²) in [6.07, 6.45) is -4.36. The molecule has 8 heteroatoms. The summed E-state index contributed by atoms with van der Waals surface area (Å²) in [5.41, 5.74) is -3.39. The summed E-state index contributed by atoms with van der Waals surface area (Å²) >= 11 is 0. The minimum absolute atomic E-state index is 0.0520. The Hall–Kier alpha value is -1.31. The van der Waals surface area contributed by atoms with E-state index in [0.29, 0.717) is 12.8 Å². The van der Waals surface area contributed by atoms with E-state index >= 15 is 0 Å². The molecule has 0 spiro atoms. The highest BCUT2D eigenvalue weighted by Gasteiger charge is 2.56.